The number of halogens is 1. The van der Waals surface area contributed by atoms with Gasteiger partial charge in [-0.2, -0.15) is 0 Å². The van der Waals surface area contributed by atoms with Gasteiger partial charge in [-0.05, 0) is 13.8 Å². The van der Waals surface area contributed by atoms with Gasteiger partial charge in [-0.1, -0.05) is 18.2 Å². The Morgan fingerprint density at radius 1 is 1.31 bits per heavy atom. The molecule has 8 heteroatoms. The number of aryl methyl sites for hydroxylation is 1. The lowest BCUT2D eigenvalue weighted by Crippen LogP contribution is -2.23. The van der Waals surface area contributed by atoms with E-state index in [1.165, 1.54) is 0 Å². The zero-order valence-corrected chi connectivity index (χ0v) is 14.5. The van der Waals surface area contributed by atoms with Crippen LogP contribution in [-0.2, 0) is 6.54 Å². The van der Waals surface area contributed by atoms with E-state index in [4.69, 9.17) is 0 Å². The van der Waals surface area contributed by atoms with Gasteiger partial charge in [0.05, 0.1) is 12.2 Å². The largest absolute Gasteiger partial charge is 0.324 e. The molecule has 0 aromatic carbocycles. The topological polar surface area (TPSA) is 73.3 Å². The third-order valence-electron chi connectivity index (χ3n) is 4.30. The Hall–Kier alpha value is -3.16. The average Bonchev–Trinajstić information content (AvgIpc) is 3.25. The Morgan fingerprint density at radius 3 is 3.00 bits per heavy atom. The van der Waals surface area contributed by atoms with Gasteiger partial charge >= 0.3 is 0 Å². The number of alkyl halides is 1. The molecule has 7 nitrogen and oxygen atoms in total. The number of allylic oxidation sites excluding steroid dienone is 2. The van der Waals surface area contributed by atoms with Gasteiger partial charge in [-0.25, -0.2) is 14.4 Å². The molecular formula is C18H18FN7. The summed E-state index contributed by atoms with van der Waals surface area (Å²) in [5, 5.41) is 8.38. The van der Waals surface area contributed by atoms with Crippen molar-refractivity contribution in [3.8, 4) is 0 Å². The van der Waals surface area contributed by atoms with Crippen LogP contribution in [0.2, 0.25) is 0 Å². The number of aliphatic imine (C=N–C) groups is 1. The van der Waals surface area contributed by atoms with E-state index in [0.717, 1.165) is 22.7 Å². The maximum Gasteiger partial charge on any atom is 0.171 e. The van der Waals surface area contributed by atoms with Crippen molar-refractivity contribution in [3.05, 3.63) is 60.0 Å². The van der Waals surface area contributed by atoms with Crippen LogP contribution in [0, 0.1) is 6.92 Å². The van der Waals surface area contributed by atoms with Gasteiger partial charge in [0, 0.05) is 30.6 Å². The number of hydrogen-bond donors (Lipinski definition) is 0. The predicted molar refractivity (Wildman–Crippen MR) is 96.7 cm³/mol. The lowest BCUT2D eigenvalue weighted by Gasteiger charge is -2.15. The Morgan fingerprint density at radius 2 is 2.19 bits per heavy atom. The number of nitrogens with zero attached hydrogens (tertiary/aromatic N) is 7. The number of hydrogen-bond acceptors (Lipinski definition) is 5. The average molecular weight is 351 g/mol. The molecule has 3 aromatic rings. The van der Waals surface area contributed by atoms with E-state index in [1.807, 2.05) is 41.2 Å². The van der Waals surface area contributed by atoms with E-state index in [9.17, 15) is 4.39 Å². The molecule has 0 saturated heterocycles. The highest BCUT2D eigenvalue weighted by Crippen LogP contribution is 2.19. The molecule has 0 amide bonds. The normalized spacial score (nSPS) is 17.3. The molecule has 3 aromatic heterocycles. The van der Waals surface area contributed by atoms with Crippen LogP contribution in [0.4, 0.5) is 4.39 Å². The maximum atomic E-state index is 14.3. The predicted octanol–water partition coefficient (Wildman–Crippen LogP) is 2.76. The number of aromatic nitrogens is 6. The molecule has 0 bridgehead atoms. The second-order valence-electron chi connectivity index (χ2n) is 6.03. The third-order valence-corrected chi connectivity index (χ3v) is 4.30. The van der Waals surface area contributed by atoms with Gasteiger partial charge in [0.25, 0.3) is 0 Å². The van der Waals surface area contributed by atoms with Crippen LogP contribution < -0.4 is 0 Å². The molecule has 0 fully saturated rings. The van der Waals surface area contributed by atoms with E-state index >= 15 is 0 Å². The maximum absolute atomic E-state index is 14.3. The molecular weight excluding hydrogens is 333 g/mol. The molecule has 1 atom stereocenters. The fourth-order valence-corrected chi connectivity index (χ4v) is 3.02. The zero-order chi connectivity index (χ0) is 18.1. The quantitative estimate of drug-likeness (QED) is 0.724. The standard InChI is InChI=1S/C18H18FN7/c1-3-5-13-15(22-11-26-12(2)23-24-17(13)26)10-25-9-8-21-18(25)16-14(19)6-4-7-20-16/h3-5,7-9,11,14H,6,10H2,1-2H3/b5-3+. The second kappa shape index (κ2) is 6.62. The minimum atomic E-state index is -1.15. The van der Waals surface area contributed by atoms with Gasteiger partial charge in [0.15, 0.2) is 11.5 Å². The van der Waals surface area contributed by atoms with Crippen molar-refractivity contribution < 1.29 is 4.39 Å². The minimum absolute atomic E-state index is 0.318. The van der Waals surface area contributed by atoms with Crippen LogP contribution >= 0.6 is 0 Å². The van der Waals surface area contributed by atoms with Crippen molar-refractivity contribution in [2.75, 3.05) is 0 Å². The molecule has 26 heavy (non-hydrogen) atoms. The monoisotopic (exact) mass is 351 g/mol. The highest BCUT2D eigenvalue weighted by atomic mass is 19.1. The molecule has 0 aliphatic carbocycles. The highest BCUT2D eigenvalue weighted by molar-refractivity contribution is 6.02. The van der Waals surface area contributed by atoms with E-state index in [1.54, 1.807) is 24.8 Å². The summed E-state index contributed by atoms with van der Waals surface area (Å²) >= 11 is 0. The zero-order valence-electron chi connectivity index (χ0n) is 14.5. The lowest BCUT2D eigenvalue weighted by molar-refractivity contribution is 0.423. The van der Waals surface area contributed by atoms with Crippen molar-refractivity contribution in [1.29, 1.82) is 0 Å². The van der Waals surface area contributed by atoms with Gasteiger partial charge in [-0.3, -0.25) is 9.39 Å². The first-order valence-electron chi connectivity index (χ1n) is 8.39. The first-order chi connectivity index (χ1) is 12.7. The van der Waals surface area contributed by atoms with E-state index in [-0.39, 0.29) is 0 Å². The lowest BCUT2D eigenvalue weighted by atomic mass is 10.1. The van der Waals surface area contributed by atoms with Gasteiger partial charge in [0.1, 0.15) is 24.0 Å². The van der Waals surface area contributed by atoms with Crippen LogP contribution in [0.5, 0.6) is 0 Å². The van der Waals surface area contributed by atoms with E-state index in [0.29, 0.717) is 24.5 Å². The smallest absolute Gasteiger partial charge is 0.171 e. The van der Waals surface area contributed by atoms with Crippen LogP contribution in [-0.4, -0.2) is 41.0 Å². The van der Waals surface area contributed by atoms with Crippen LogP contribution in [0.3, 0.4) is 0 Å². The van der Waals surface area contributed by atoms with Gasteiger partial charge in [0.2, 0.25) is 0 Å². The van der Waals surface area contributed by atoms with E-state index < -0.39 is 6.17 Å². The molecule has 4 rings (SSSR count). The molecule has 4 heterocycles. The van der Waals surface area contributed by atoms with E-state index in [2.05, 4.69) is 25.2 Å². The molecule has 1 unspecified atom stereocenters. The summed E-state index contributed by atoms with van der Waals surface area (Å²) in [6.07, 6.45) is 11.6. The minimum Gasteiger partial charge on any atom is -0.324 e. The van der Waals surface area contributed by atoms with Crippen LogP contribution in [0.25, 0.3) is 11.7 Å². The summed E-state index contributed by atoms with van der Waals surface area (Å²) in [6, 6.07) is 0. The molecule has 132 valence electrons. The second-order valence-corrected chi connectivity index (χ2v) is 6.03. The van der Waals surface area contributed by atoms with Crippen molar-refractivity contribution in [2.24, 2.45) is 4.99 Å². The van der Waals surface area contributed by atoms with Crippen LogP contribution in [0.15, 0.2) is 42.1 Å². The van der Waals surface area contributed by atoms with Gasteiger partial charge in [-0.15, -0.1) is 10.2 Å². The summed E-state index contributed by atoms with van der Waals surface area (Å²) in [7, 11) is 0. The molecule has 1 aliphatic rings. The molecule has 0 N–H and O–H groups in total. The molecule has 0 saturated carbocycles. The summed E-state index contributed by atoms with van der Waals surface area (Å²) in [6.45, 7) is 4.26. The number of fused-ring (bicyclic) bond motifs is 1. The Balaban J connectivity index is 1.77. The Kier molecular flexibility index (Phi) is 4.16. The fourth-order valence-electron chi connectivity index (χ4n) is 3.02. The summed E-state index contributed by atoms with van der Waals surface area (Å²) < 4.78 is 18.0. The van der Waals surface area contributed by atoms with Crippen molar-refractivity contribution in [1.82, 2.24) is 29.1 Å². The first-order valence-corrected chi connectivity index (χ1v) is 8.39. The number of rotatable bonds is 4. The third kappa shape index (κ3) is 2.73. The van der Waals surface area contributed by atoms with Crippen molar-refractivity contribution >= 4 is 17.4 Å². The van der Waals surface area contributed by atoms with Crippen LogP contribution in [0.1, 0.15) is 36.3 Å². The summed E-state index contributed by atoms with van der Waals surface area (Å²) in [4.78, 5) is 13.1. The van der Waals surface area contributed by atoms with Crippen molar-refractivity contribution in [3.63, 3.8) is 0 Å². The highest BCUT2D eigenvalue weighted by Gasteiger charge is 2.22. The molecule has 1 aliphatic heterocycles. The first kappa shape index (κ1) is 16.3. The molecule has 0 radical (unpaired) electrons. The number of imidazole rings is 1. The summed E-state index contributed by atoms with van der Waals surface area (Å²) in [5.41, 5.74) is 2.79. The van der Waals surface area contributed by atoms with Gasteiger partial charge < -0.3 is 4.57 Å². The Labute approximate surface area is 149 Å². The fraction of sp³-hybridized carbons (Fsp3) is 0.278. The van der Waals surface area contributed by atoms with Crippen molar-refractivity contribution in [2.45, 2.75) is 33.0 Å². The Bertz CT molecular complexity index is 1040. The SMILES string of the molecule is C/C=C/c1c(Cn2ccnc2C2=NC=CCC2F)ncn2c(C)nnc12. The molecule has 0 spiro atoms. The summed E-state index contributed by atoms with van der Waals surface area (Å²) in [5.74, 6) is 1.30.